The molecule has 4 nitrogen and oxygen atoms in total. The summed E-state index contributed by atoms with van der Waals surface area (Å²) in [5.41, 5.74) is 2.06. The average Bonchev–Trinajstić information content (AvgIpc) is 2.58. The zero-order valence-electron chi connectivity index (χ0n) is 12.3. The number of piperidine rings is 1. The Morgan fingerprint density at radius 1 is 1.09 bits per heavy atom. The maximum atomic E-state index is 12.2. The Bertz CT molecular complexity index is 651. The summed E-state index contributed by atoms with van der Waals surface area (Å²) in [6, 6.07) is 10.9. The summed E-state index contributed by atoms with van der Waals surface area (Å²) in [6.07, 6.45) is 5.50. The number of nitrogens with one attached hydrogen (secondary N) is 1. The predicted octanol–water partition coefficient (Wildman–Crippen LogP) is 3.98. The van der Waals surface area contributed by atoms with Crippen LogP contribution in [-0.4, -0.2) is 24.0 Å². The van der Waals surface area contributed by atoms with Gasteiger partial charge in [-0.2, -0.15) is 0 Å². The largest absolute Gasteiger partial charge is 0.370 e. The van der Waals surface area contributed by atoms with Crippen molar-refractivity contribution in [3.05, 3.63) is 53.3 Å². The Labute approximate surface area is 135 Å². The van der Waals surface area contributed by atoms with E-state index in [4.69, 9.17) is 11.6 Å². The Balaban J connectivity index is 1.69. The highest BCUT2D eigenvalue weighted by Gasteiger charge is 2.13. The second-order valence-corrected chi connectivity index (χ2v) is 5.79. The first kappa shape index (κ1) is 14.9. The minimum absolute atomic E-state index is 0.252. The molecule has 0 aliphatic carbocycles. The molecule has 1 N–H and O–H groups in total. The SMILES string of the molecule is O=C(Nc1ccccc1Cl)c1ccc(N2CCCCC2)cn1. The van der Waals surface area contributed by atoms with E-state index in [1.54, 1.807) is 24.4 Å². The van der Waals surface area contributed by atoms with E-state index in [0.29, 0.717) is 16.4 Å². The molecule has 0 unspecified atom stereocenters. The van der Waals surface area contributed by atoms with Crippen LogP contribution < -0.4 is 10.2 Å². The van der Waals surface area contributed by atoms with Gasteiger partial charge in [-0.05, 0) is 43.5 Å². The average molecular weight is 316 g/mol. The summed E-state index contributed by atoms with van der Waals surface area (Å²) in [7, 11) is 0. The van der Waals surface area contributed by atoms with E-state index in [1.165, 1.54) is 19.3 Å². The molecule has 1 aromatic carbocycles. The molecule has 114 valence electrons. The molecule has 0 saturated carbocycles. The molecule has 1 aliphatic rings. The van der Waals surface area contributed by atoms with Crippen molar-refractivity contribution in [3.8, 4) is 0 Å². The number of para-hydroxylation sites is 1. The van der Waals surface area contributed by atoms with Gasteiger partial charge in [-0.25, -0.2) is 4.98 Å². The van der Waals surface area contributed by atoms with Gasteiger partial charge in [0.15, 0.2) is 0 Å². The molecule has 1 aromatic heterocycles. The van der Waals surface area contributed by atoms with Crippen LogP contribution in [0.4, 0.5) is 11.4 Å². The van der Waals surface area contributed by atoms with Gasteiger partial charge in [0.25, 0.3) is 5.91 Å². The number of hydrogen-bond acceptors (Lipinski definition) is 3. The molecule has 22 heavy (non-hydrogen) atoms. The number of nitrogens with zero attached hydrogens (tertiary/aromatic N) is 2. The van der Waals surface area contributed by atoms with Crippen LogP contribution >= 0.6 is 11.6 Å². The Morgan fingerprint density at radius 3 is 2.55 bits per heavy atom. The van der Waals surface area contributed by atoms with E-state index in [2.05, 4.69) is 15.2 Å². The molecular formula is C17H18ClN3O. The molecule has 3 rings (SSSR count). The van der Waals surface area contributed by atoms with Crippen molar-refractivity contribution < 1.29 is 4.79 Å². The number of hydrogen-bond donors (Lipinski definition) is 1. The lowest BCUT2D eigenvalue weighted by atomic mass is 10.1. The number of benzene rings is 1. The molecule has 0 spiro atoms. The van der Waals surface area contributed by atoms with Gasteiger partial charge in [0.2, 0.25) is 0 Å². The van der Waals surface area contributed by atoms with Crippen molar-refractivity contribution in [3.63, 3.8) is 0 Å². The van der Waals surface area contributed by atoms with Crippen LogP contribution in [0.25, 0.3) is 0 Å². The minimum atomic E-state index is -0.252. The molecule has 5 heteroatoms. The fraction of sp³-hybridized carbons (Fsp3) is 0.294. The van der Waals surface area contributed by atoms with Gasteiger partial charge >= 0.3 is 0 Å². The molecule has 1 aliphatic heterocycles. The lowest BCUT2D eigenvalue weighted by Gasteiger charge is -2.28. The molecule has 0 bridgehead atoms. The van der Waals surface area contributed by atoms with Gasteiger partial charge in [0.1, 0.15) is 5.69 Å². The number of carbonyl (C=O) groups excluding carboxylic acids is 1. The molecule has 1 fully saturated rings. The van der Waals surface area contributed by atoms with Crippen molar-refractivity contribution in [2.24, 2.45) is 0 Å². The van der Waals surface area contributed by atoms with Crippen molar-refractivity contribution in [2.45, 2.75) is 19.3 Å². The highest BCUT2D eigenvalue weighted by Crippen LogP contribution is 2.22. The van der Waals surface area contributed by atoms with Crippen LogP contribution in [0.3, 0.4) is 0 Å². The first-order chi connectivity index (χ1) is 10.7. The van der Waals surface area contributed by atoms with E-state index in [9.17, 15) is 4.79 Å². The fourth-order valence-corrected chi connectivity index (χ4v) is 2.79. The third kappa shape index (κ3) is 3.39. The molecule has 1 amide bonds. The summed E-state index contributed by atoms with van der Waals surface area (Å²) in [4.78, 5) is 18.8. The summed E-state index contributed by atoms with van der Waals surface area (Å²) >= 11 is 6.04. The molecule has 0 atom stereocenters. The van der Waals surface area contributed by atoms with Crippen molar-refractivity contribution in [1.82, 2.24) is 4.98 Å². The molecule has 2 heterocycles. The number of aromatic nitrogens is 1. The van der Waals surface area contributed by atoms with Crippen molar-refractivity contribution in [1.29, 1.82) is 0 Å². The zero-order chi connectivity index (χ0) is 15.4. The lowest BCUT2D eigenvalue weighted by molar-refractivity contribution is 0.102. The third-order valence-corrected chi connectivity index (χ3v) is 4.15. The fourth-order valence-electron chi connectivity index (χ4n) is 2.61. The summed E-state index contributed by atoms with van der Waals surface area (Å²) < 4.78 is 0. The highest BCUT2D eigenvalue weighted by molar-refractivity contribution is 6.33. The number of anilines is 2. The Hall–Kier alpha value is -2.07. The first-order valence-electron chi connectivity index (χ1n) is 7.51. The van der Waals surface area contributed by atoms with E-state index < -0.39 is 0 Å². The number of rotatable bonds is 3. The van der Waals surface area contributed by atoms with Crippen LogP contribution in [-0.2, 0) is 0 Å². The van der Waals surface area contributed by atoms with Crippen LogP contribution in [0, 0.1) is 0 Å². The standard InChI is InChI=1S/C17H18ClN3O/c18-14-6-2-3-7-15(14)20-17(22)16-9-8-13(12-19-16)21-10-4-1-5-11-21/h2-3,6-9,12H,1,4-5,10-11H2,(H,20,22). The van der Waals surface area contributed by atoms with Crippen molar-refractivity contribution in [2.75, 3.05) is 23.3 Å². The normalized spacial score (nSPS) is 14.7. The van der Waals surface area contributed by atoms with E-state index in [-0.39, 0.29) is 5.91 Å². The Morgan fingerprint density at radius 2 is 1.86 bits per heavy atom. The number of amides is 1. The van der Waals surface area contributed by atoms with Gasteiger partial charge in [0.05, 0.1) is 22.6 Å². The second kappa shape index (κ2) is 6.79. The van der Waals surface area contributed by atoms with E-state index >= 15 is 0 Å². The predicted molar refractivity (Wildman–Crippen MR) is 89.7 cm³/mol. The van der Waals surface area contributed by atoms with Crippen LogP contribution in [0.5, 0.6) is 0 Å². The van der Waals surface area contributed by atoms with Gasteiger partial charge < -0.3 is 10.2 Å². The van der Waals surface area contributed by atoms with Crippen LogP contribution in [0.2, 0.25) is 5.02 Å². The third-order valence-electron chi connectivity index (χ3n) is 3.82. The van der Waals surface area contributed by atoms with E-state index in [0.717, 1.165) is 18.8 Å². The molecular weight excluding hydrogens is 298 g/mol. The maximum Gasteiger partial charge on any atom is 0.274 e. The zero-order valence-corrected chi connectivity index (χ0v) is 13.0. The Kier molecular flexibility index (Phi) is 4.59. The number of pyridine rings is 1. The van der Waals surface area contributed by atoms with Gasteiger partial charge in [-0.1, -0.05) is 23.7 Å². The summed E-state index contributed by atoms with van der Waals surface area (Å²) in [5.74, 6) is -0.252. The van der Waals surface area contributed by atoms with Gasteiger partial charge in [-0.15, -0.1) is 0 Å². The number of carbonyl (C=O) groups is 1. The second-order valence-electron chi connectivity index (χ2n) is 5.38. The van der Waals surface area contributed by atoms with E-state index in [1.807, 2.05) is 18.2 Å². The van der Waals surface area contributed by atoms with Gasteiger partial charge in [-0.3, -0.25) is 4.79 Å². The smallest absolute Gasteiger partial charge is 0.274 e. The van der Waals surface area contributed by atoms with Crippen LogP contribution in [0.1, 0.15) is 29.8 Å². The first-order valence-corrected chi connectivity index (χ1v) is 7.89. The minimum Gasteiger partial charge on any atom is -0.370 e. The number of halogens is 1. The monoisotopic (exact) mass is 315 g/mol. The summed E-state index contributed by atoms with van der Waals surface area (Å²) in [6.45, 7) is 2.12. The topological polar surface area (TPSA) is 45.2 Å². The molecule has 1 saturated heterocycles. The van der Waals surface area contributed by atoms with Gasteiger partial charge in [0, 0.05) is 13.1 Å². The van der Waals surface area contributed by atoms with Crippen molar-refractivity contribution >= 4 is 28.9 Å². The summed E-state index contributed by atoms with van der Waals surface area (Å²) in [5, 5.41) is 3.29. The quantitative estimate of drug-likeness (QED) is 0.932. The molecule has 2 aromatic rings. The maximum absolute atomic E-state index is 12.2. The van der Waals surface area contributed by atoms with Crippen LogP contribution in [0.15, 0.2) is 42.6 Å². The lowest BCUT2D eigenvalue weighted by Crippen LogP contribution is -2.29. The highest BCUT2D eigenvalue weighted by atomic mass is 35.5. The molecule has 0 radical (unpaired) electrons.